The van der Waals surface area contributed by atoms with Crippen LogP contribution in [0.15, 0.2) is 24.3 Å². The van der Waals surface area contributed by atoms with Crippen LogP contribution < -0.4 is 0 Å². The highest BCUT2D eigenvalue weighted by atomic mass is 32.2. The molecule has 0 spiro atoms. The van der Waals surface area contributed by atoms with Crippen LogP contribution in [0.2, 0.25) is 0 Å². The van der Waals surface area contributed by atoms with Gasteiger partial charge >= 0.3 is 0 Å². The number of benzene rings is 1. The molecule has 1 amide bonds. The van der Waals surface area contributed by atoms with Crippen molar-refractivity contribution in [3.63, 3.8) is 0 Å². The van der Waals surface area contributed by atoms with Crippen LogP contribution in [0.3, 0.4) is 0 Å². The molecule has 0 bridgehead atoms. The molecule has 1 saturated heterocycles. The molecule has 0 unspecified atom stereocenters. The molecule has 1 aliphatic heterocycles. The van der Waals surface area contributed by atoms with E-state index in [1.165, 1.54) is 0 Å². The topological polar surface area (TPSA) is 29.5 Å². The lowest BCUT2D eigenvalue weighted by molar-refractivity contribution is 0.0751. The van der Waals surface area contributed by atoms with Crippen molar-refractivity contribution in [2.24, 2.45) is 5.92 Å². The predicted molar refractivity (Wildman–Crippen MR) is 84.1 cm³/mol. The van der Waals surface area contributed by atoms with Crippen molar-refractivity contribution >= 4 is 17.7 Å². The van der Waals surface area contributed by atoms with Gasteiger partial charge in [-0.25, -0.2) is 0 Å². The molecular weight excluding hydrogens is 270 g/mol. The van der Waals surface area contributed by atoms with E-state index < -0.39 is 0 Å². The van der Waals surface area contributed by atoms with Crippen LogP contribution in [-0.2, 0) is 11.3 Å². The van der Waals surface area contributed by atoms with Crippen molar-refractivity contribution in [3.8, 4) is 0 Å². The van der Waals surface area contributed by atoms with Gasteiger partial charge in [0.1, 0.15) is 0 Å². The zero-order chi connectivity index (χ0) is 14.5. The van der Waals surface area contributed by atoms with E-state index >= 15 is 0 Å². The summed E-state index contributed by atoms with van der Waals surface area (Å²) >= 11 is 1.98. The average molecular weight is 293 g/mol. The Morgan fingerprint density at radius 3 is 2.90 bits per heavy atom. The van der Waals surface area contributed by atoms with Crippen LogP contribution >= 0.6 is 11.8 Å². The van der Waals surface area contributed by atoms with E-state index in [4.69, 9.17) is 4.74 Å². The highest BCUT2D eigenvalue weighted by Crippen LogP contribution is 2.26. The minimum Gasteiger partial charge on any atom is -0.380 e. The van der Waals surface area contributed by atoms with Crippen molar-refractivity contribution in [3.05, 3.63) is 35.4 Å². The van der Waals surface area contributed by atoms with Gasteiger partial charge in [0.25, 0.3) is 5.91 Å². The molecule has 20 heavy (non-hydrogen) atoms. The molecule has 0 saturated carbocycles. The van der Waals surface area contributed by atoms with Gasteiger partial charge in [-0.3, -0.25) is 4.79 Å². The first-order chi connectivity index (χ1) is 9.63. The smallest absolute Gasteiger partial charge is 0.254 e. The fourth-order valence-electron chi connectivity index (χ4n) is 2.44. The van der Waals surface area contributed by atoms with Gasteiger partial charge in [-0.1, -0.05) is 32.0 Å². The van der Waals surface area contributed by atoms with E-state index in [0.717, 1.165) is 30.0 Å². The summed E-state index contributed by atoms with van der Waals surface area (Å²) in [6.07, 6.45) is 0. The highest BCUT2D eigenvalue weighted by Gasteiger charge is 2.27. The Labute approximate surface area is 125 Å². The van der Waals surface area contributed by atoms with Crippen molar-refractivity contribution in [1.82, 2.24) is 4.90 Å². The third kappa shape index (κ3) is 3.55. The first kappa shape index (κ1) is 15.4. The molecule has 0 aromatic heterocycles. The molecule has 1 fully saturated rings. The molecule has 1 atom stereocenters. The molecule has 1 aromatic rings. The van der Waals surface area contributed by atoms with E-state index in [0.29, 0.717) is 17.8 Å². The van der Waals surface area contributed by atoms with Gasteiger partial charge in [-0.2, -0.15) is 11.8 Å². The third-order valence-electron chi connectivity index (χ3n) is 3.67. The number of amides is 1. The molecule has 0 radical (unpaired) electrons. The van der Waals surface area contributed by atoms with Crippen molar-refractivity contribution in [2.45, 2.75) is 25.7 Å². The minimum atomic E-state index is 0.142. The lowest BCUT2D eigenvalue weighted by atomic mass is 10.1. The van der Waals surface area contributed by atoms with Crippen LogP contribution in [0, 0.1) is 5.92 Å². The largest absolute Gasteiger partial charge is 0.380 e. The second kappa shape index (κ2) is 7.14. The third-order valence-corrected chi connectivity index (χ3v) is 5.21. The van der Waals surface area contributed by atoms with Crippen molar-refractivity contribution in [1.29, 1.82) is 0 Å². The molecule has 4 heteroatoms. The summed E-state index contributed by atoms with van der Waals surface area (Å²) in [6, 6.07) is 7.75. The van der Waals surface area contributed by atoms with Gasteiger partial charge in [0.2, 0.25) is 0 Å². The van der Waals surface area contributed by atoms with E-state index in [9.17, 15) is 4.79 Å². The van der Waals surface area contributed by atoms with Crippen molar-refractivity contribution < 1.29 is 9.53 Å². The number of rotatable bonds is 4. The SMILES string of the molecule is COCc1ccccc1C(=O)N1CCS[C@H](C(C)C)C1. The molecule has 1 heterocycles. The van der Waals surface area contributed by atoms with Crippen molar-refractivity contribution in [2.75, 3.05) is 26.0 Å². The van der Waals surface area contributed by atoms with Crippen LogP contribution in [0.1, 0.15) is 29.8 Å². The molecule has 1 aromatic carbocycles. The second-order valence-corrected chi connectivity index (χ2v) is 6.84. The number of carbonyl (C=O) groups is 1. The number of methoxy groups -OCH3 is 1. The van der Waals surface area contributed by atoms with E-state index in [-0.39, 0.29) is 5.91 Å². The Hall–Kier alpha value is -1.00. The number of hydrogen-bond donors (Lipinski definition) is 0. The monoisotopic (exact) mass is 293 g/mol. The maximum atomic E-state index is 12.7. The fraction of sp³-hybridized carbons (Fsp3) is 0.562. The first-order valence-corrected chi connectivity index (χ1v) is 8.16. The van der Waals surface area contributed by atoms with E-state index in [1.54, 1.807) is 7.11 Å². The zero-order valence-corrected chi connectivity index (χ0v) is 13.3. The Morgan fingerprint density at radius 2 is 2.20 bits per heavy atom. The van der Waals surface area contributed by atoms with Gasteiger partial charge in [-0.05, 0) is 17.5 Å². The van der Waals surface area contributed by atoms with E-state index in [1.807, 2.05) is 40.9 Å². The Morgan fingerprint density at radius 1 is 1.45 bits per heavy atom. The number of carbonyl (C=O) groups excluding carboxylic acids is 1. The van der Waals surface area contributed by atoms with Gasteiger partial charge < -0.3 is 9.64 Å². The molecule has 110 valence electrons. The predicted octanol–water partition coefficient (Wildman–Crippen LogP) is 3.05. The summed E-state index contributed by atoms with van der Waals surface area (Å²) < 4.78 is 5.19. The molecule has 3 nitrogen and oxygen atoms in total. The zero-order valence-electron chi connectivity index (χ0n) is 12.5. The standard InChI is InChI=1S/C16H23NO2S/c1-12(2)15-10-17(8-9-20-15)16(18)14-7-5-4-6-13(14)11-19-3/h4-7,12,15H,8-11H2,1-3H3/t15-/m0/s1. The van der Waals surface area contributed by atoms with Gasteiger partial charge in [0, 0.05) is 36.8 Å². The summed E-state index contributed by atoms with van der Waals surface area (Å²) in [5.74, 6) is 1.77. The Balaban J connectivity index is 2.14. The summed E-state index contributed by atoms with van der Waals surface area (Å²) in [4.78, 5) is 14.7. The number of hydrogen-bond acceptors (Lipinski definition) is 3. The average Bonchev–Trinajstić information content (AvgIpc) is 2.47. The maximum Gasteiger partial charge on any atom is 0.254 e. The first-order valence-electron chi connectivity index (χ1n) is 7.11. The van der Waals surface area contributed by atoms with Gasteiger partial charge in [0.05, 0.1) is 6.61 Å². The summed E-state index contributed by atoms with van der Waals surface area (Å²) in [6.45, 7) is 6.63. The molecule has 0 aliphatic carbocycles. The van der Waals surface area contributed by atoms with Crippen LogP contribution in [-0.4, -0.2) is 42.0 Å². The highest BCUT2D eigenvalue weighted by molar-refractivity contribution is 8.00. The lowest BCUT2D eigenvalue weighted by Crippen LogP contribution is -2.43. The summed E-state index contributed by atoms with van der Waals surface area (Å²) in [7, 11) is 1.66. The second-order valence-electron chi connectivity index (χ2n) is 5.49. The molecule has 2 rings (SSSR count). The fourth-order valence-corrected chi connectivity index (χ4v) is 3.74. The number of thioether (sulfide) groups is 1. The van der Waals surface area contributed by atoms with Crippen LogP contribution in [0.4, 0.5) is 0 Å². The maximum absolute atomic E-state index is 12.7. The molecule has 0 N–H and O–H groups in total. The minimum absolute atomic E-state index is 0.142. The van der Waals surface area contributed by atoms with Gasteiger partial charge in [0.15, 0.2) is 0 Å². The number of ether oxygens (including phenoxy) is 1. The number of nitrogens with zero attached hydrogens (tertiary/aromatic N) is 1. The molecule has 1 aliphatic rings. The summed E-state index contributed by atoms with van der Waals surface area (Å²) in [5.41, 5.74) is 1.75. The summed E-state index contributed by atoms with van der Waals surface area (Å²) in [5, 5.41) is 0.544. The van der Waals surface area contributed by atoms with Crippen LogP contribution in [0.5, 0.6) is 0 Å². The van der Waals surface area contributed by atoms with E-state index in [2.05, 4.69) is 13.8 Å². The quantitative estimate of drug-likeness (QED) is 0.854. The van der Waals surface area contributed by atoms with Gasteiger partial charge in [-0.15, -0.1) is 0 Å². The van der Waals surface area contributed by atoms with Crippen LogP contribution in [0.25, 0.3) is 0 Å². The lowest BCUT2D eigenvalue weighted by Gasteiger charge is -2.34. The normalized spacial score (nSPS) is 19.4. The molecular formula is C16H23NO2S. The Bertz CT molecular complexity index is 462. The Kier molecular flexibility index (Phi) is 5.49.